The molecule has 0 atom stereocenters. The zero-order valence-corrected chi connectivity index (χ0v) is 10.9. The molecule has 3 nitrogen and oxygen atoms in total. The van der Waals surface area contributed by atoms with E-state index in [-0.39, 0.29) is 0 Å². The Bertz CT molecular complexity index is 294. The summed E-state index contributed by atoms with van der Waals surface area (Å²) >= 11 is 0. The Balaban J connectivity index is 2.05. The van der Waals surface area contributed by atoms with Crippen molar-refractivity contribution in [1.29, 1.82) is 0 Å². The molecule has 0 saturated heterocycles. The predicted octanol–water partition coefficient (Wildman–Crippen LogP) is 2.41. The molecule has 0 amide bonds. The molecule has 0 unspecified atom stereocenters. The third-order valence-electron chi connectivity index (χ3n) is 2.98. The van der Waals surface area contributed by atoms with E-state index in [9.17, 15) is 0 Å². The number of hydrogen-bond donors (Lipinski definition) is 0. The van der Waals surface area contributed by atoms with E-state index in [0.717, 1.165) is 18.9 Å². The van der Waals surface area contributed by atoms with Crippen LogP contribution in [0.5, 0.6) is 0 Å². The Morgan fingerprint density at radius 3 is 2.50 bits per heavy atom. The van der Waals surface area contributed by atoms with Crippen LogP contribution in [0, 0.1) is 6.92 Å². The molecule has 1 rings (SSSR count). The maximum absolute atomic E-state index is 5.66. The zero-order chi connectivity index (χ0) is 11.8. The van der Waals surface area contributed by atoms with Gasteiger partial charge in [-0.15, -0.1) is 0 Å². The molecule has 1 heterocycles. The Morgan fingerprint density at radius 2 is 1.88 bits per heavy atom. The molecular formula is C13H25N2O+. The summed E-state index contributed by atoms with van der Waals surface area (Å²) in [5, 5.41) is 0. The van der Waals surface area contributed by atoms with Crippen LogP contribution < -0.4 is 9.40 Å². The van der Waals surface area contributed by atoms with Gasteiger partial charge in [-0.05, 0) is 17.6 Å². The van der Waals surface area contributed by atoms with Crippen LogP contribution in [0.15, 0.2) is 12.4 Å². The van der Waals surface area contributed by atoms with Crippen molar-refractivity contribution >= 4 is 0 Å². The van der Waals surface area contributed by atoms with Crippen LogP contribution in [-0.2, 0) is 7.05 Å². The van der Waals surface area contributed by atoms with Crippen molar-refractivity contribution < 1.29 is 9.40 Å². The molecular weight excluding hydrogens is 200 g/mol. The van der Waals surface area contributed by atoms with Gasteiger partial charge in [0.1, 0.15) is 12.8 Å². The van der Waals surface area contributed by atoms with Gasteiger partial charge in [-0.1, -0.05) is 32.6 Å². The first-order chi connectivity index (χ1) is 7.75. The summed E-state index contributed by atoms with van der Waals surface area (Å²) in [7, 11) is 2.03. The van der Waals surface area contributed by atoms with E-state index in [1.54, 1.807) is 0 Å². The zero-order valence-electron chi connectivity index (χ0n) is 10.9. The highest BCUT2D eigenvalue weighted by atomic mass is 16.7. The van der Waals surface area contributed by atoms with Gasteiger partial charge >= 0.3 is 0 Å². The van der Waals surface area contributed by atoms with Crippen LogP contribution in [0.3, 0.4) is 0 Å². The highest BCUT2D eigenvalue weighted by molar-refractivity contribution is 4.74. The molecule has 16 heavy (non-hydrogen) atoms. The number of aromatic nitrogens is 2. The lowest BCUT2D eigenvalue weighted by atomic mass is 10.1. The van der Waals surface area contributed by atoms with Crippen LogP contribution in [-0.4, -0.2) is 11.3 Å². The van der Waals surface area contributed by atoms with E-state index in [1.807, 2.05) is 24.2 Å². The van der Waals surface area contributed by atoms with Crippen molar-refractivity contribution in [2.75, 3.05) is 6.61 Å². The minimum Gasteiger partial charge on any atom is -0.336 e. The molecule has 3 heteroatoms. The van der Waals surface area contributed by atoms with Crippen LogP contribution >= 0.6 is 0 Å². The van der Waals surface area contributed by atoms with E-state index in [0.29, 0.717) is 0 Å². The average molecular weight is 225 g/mol. The SMILES string of the molecule is CCCCCCCCOn1cc[n+](C)c1C. The fourth-order valence-electron chi connectivity index (χ4n) is 1.71. The van der Waals surface area contributed by atoms with Gasteiger partial charge in [-0.2, -0.15) is 0 Å². The fourth-order valence-corrected chi connectivity index (χ4v) is 1.71. The van der Waals surface area contributed by atoms with E-state index in [2.05, 4.69) is 18.4 Å². The van der Waals surface area contributed by atoms with Crippen LogP contribution in [0.2, 0.25) is 0 Å². The second kappa shape index (κ2) is 7.31. The first kappa shape index (κ1) is 13.1. The summed E-state index contributed by atoms with van der Waals surface area (Å²) in [5.41, 5.74) is 0. The van der Waals surface area contributed by atoms with Crippen molar-refractivity contribution in [3.8, 4) is 0 Å². The summed E-state index contributed by atoms with van der Waals surface area (Å²) < 4.78 is 3.91. The Hall–Kier alpha value is -0.990. The lowest BCUT2D eigenvalue weighted by molar-refractivity contribution is -0.678. The maximum atomic E-state index is 5.66. The lowest BCUT2D eigenvalue weighted by Gasteiger charge is -2.02. The molecule has 1 aromatic heterocycles. The number of nitrogens with zero attached hydrogens (tertiary/aromatic N) is 2. The van der Waals surface area contributed by atoms with Gasteiger partial charge in [-0.3, -0.25) is 0 Å². The van der Waals surface area contributed by atoms with Crippen molar-refractivity contribution in [3.05, 3.63) is 18.2 Å². The maximum Gasteiger partial charge on any atom is 0.293 e. The molecule has 0 radical (unpaired) electrons. The average Bonchev–Trinajstić information content (AvgIpc) is 2.59. The molecule has 0 aliphatic carbocycles. The van der Waals surface area contributed by atoms with E-state index in [1.165, 1.54) is 32.1 Å². The van der Waals surface area contributed by atoms with E-state index in [4.69, 9.17) is 4.84 Å². The summed E-state index contributed by atoms with van der Waals surface area (Å²) in [5.74, 6) is 1.13. The molecule has 92 valence electrons. The molecule has 0 fully saturated rings. The lowest BCUT2D eigenvalue weighted by Crippen LogP contribution is -2.31. The highest BCUT2D eigenvalue weighted by Crippen LogP contribution is 2.04. The first-order valence-electron chi connectivity index (χ1n) is 6.42. The second-order valence-corrected chi connectivity index (χ2v) is 4.38. The summed E-state index contributed by atoms with van der Waals surface area (Å²) in [4.78, 5) is 5.66. The third kappa shape index (κ3) is 4.25. The fraction of sp³-hybridized carbons (Fsp3) is 0.769. The van der Waals surface area contributed by atoms with E-state index < -0.39 is 0 Å². The third-order valence-corrected chi connectivity index (χ3v) is 2.98. The molecule has 0 aromatic carbocycles. The van der Waals surface area contributed by atoms with Gasteiger partial charge in [0.25, 0.3) is 5.82 Å². The van der Waals surface area contributed by atoms with Crippen molar-refractivity contribution in [3.63, 3.8) is 0 Å². The minimum atomic E-state index is 0.821. The summed E-state index contributed by atoms with van der Waals surface area (Å²) in [6.07, 6.45) is 11.8. The summed E-state index contributed by atoms with van der Waals surface area (Å²) in [6.45, 7) is 5.13. The van der Waals surface area contributed by atoms with Gasteiger partial charge in [0, 0.05) is 6.92 Å². The molecule has 1 aromatic rings. The number of aryl methyl sites for hydroxylation is 1. The minimum absolute atomic E-state index is 0.821. The normalized spacial score (nSPS) is 10.7. The van der Waals surface area contributed by atoms with Gasteiger partial charge in [0.15, 0.2) is 6.20 Å². The van der Waals surface area contributed by atoms with Gasteiger partial charge in [-0.25, -0.2) is 4.57 Å². The van der Waals surface area contributed by atoms with Crippen molar-refractivity contribution in [2.45, 2.75) is 52.4 Å². The topological polar surface area (TPSA) is 18.0 Å². The molecule has 0 aliphatic heterocycles. The van der Waals surface area contributed by atoms with Crippen LogP contribution in [0.1, 0.15) is 51.3 Å². The molecule has 0 bridgehead atoms. The Morgan fingerprint density at radius 1 is 1.19 bits per heavy atom. The number of unbranched alkanes of at least 4 members (excludes halogenated alkanes) is 5. The molecule has 0 aliphatic rings. The van der Waals surface area contributed by atoms with Crippen molar-refractivity contribution in [1.82, 2.24) is 4.73 Å². The Labute approximate surface area is 99.0 Å². The summed E-state index contributed by atoms with van der Waals surface area (Å²) in [6, 6.07) is 0. The van der Waals surface area contributed by atoms with Gasteiger partial charge < -0.3 is 4.84 Å². The van der Waals surface area contributed by atoms with Crippen LogP contribution in [0.4, 0.5) is 0 Å². The number of hydrogen-bond acceptors (Lipinski definition) is 1. The largest absolute Gasteiger partial charge is 0.336 e. The predicted molar refractivity (Wildman–Crippen MR) is 65.2 cm³/mol. The molecule has 0 saturated carbocycles. The monoisotopic (exact) mass is 225 g/mol. The standard InChI is InChI=1S/C13H25N2O/c1-4-5-6-7-8-9-12-16-15-11-10-14(3)13(15)2/h10-11H,4-9,12H2,1-3H3/q+1. The van der Waals surface area contributed by atoms with Gasteiger partial charge in [0.05, 0.1) is 7.05 Å². The first-order valence-corrected chi connectivity index (χ1v) is 6.42. The van der Waals surface area contributed by atoms with Gasteiger partial charge in [0.2, 0.25) is 0 Å². The molecule has 0 N–H and O–H groups in total. The van der Waals surface area contributed by atoms with E-state index >= 15 is 0 Å². The Kier molecular flexibility index (Phi) is 5.98. The van der Waals surface area contributed by atoms with Crippen molar-refractivity contribution in [2.24, 2.45) is 7.05 Å². The smallest absolute Gasteiger partial charge is 0.293 e. The van der Waals surface area contributed by atoms with Crippen LogP contribution in [0.25, 0.3) is 0 Å². The second-order valence-electron chi connectivity index (χ2n) is 4.38. The highest BCUT2D eigenvalue weighted by Gasteiger charge is 2.08. The molecule has 0 spiro atoms. The number of imidazole rings is 1. The number of rotatable bonds is 8. The quantitative estimate of drug-likeness (QED) is 0.491.